The Balaban J connectivity index is 1.53. The Hall–Kier alpha value is -4.28. The molecule has 2 amide bonds. The van der Waals surface area contributed by atoms with Gasteiger partial charge in [-0.15, -0.1) is 0 Å². The number of nitrogens with one attached hydrogen (secondary N) is 2. The zero-order valence-corrected chi connectivity index (χ0v) is 18.1. The van der Waals surface area contributed by atoms with Gasteiger partial charge in [0.2, 0.25) is 11.8 Å². The zero-order valence-electron chi connectivity index (χ0n) is 18.1. The number of pyridine rings is 1. The number of aromatic nitrogens is 5. The van der Waals surface area contributed by atoms with Crippen LogP contribution in [-0.4, -0.2) is 36.5 Å². The zero-order chi connectivity index (χ0) is 23.8. The molecule has 0 spiro atoms. The Bertz CT molecular complexity index is 1550. The van der Waals surface area contributed by atoms with E-state index >= 15 is 0 Å². The number of carbonyl (C=O) groups is 2. The number of amides is 2. The molecule has 2 N–H and O–H groups in total. The van der Waals surface area contributed by atoms with Gasteiger partial charge in [0.25, 0.3) is 0 Å². The third-order valence-electron chi connectivity index (χ3n) is 6.32. The van der Waals surface area contributed by atoms with Crippen molar-refractivity contribution in [2.24, 2.45) is 5.41 Å². The first kappa shape index (κ1) is 20.3. The molecule has 1 atom stereocenters. The second-order valence-electron chi connectivity index (χ2n) is 8.88. The molecule has 2 aliphatic rings. The van der Waals surface area contributed by atoms with Gasteiger partial charge in [0.1, 0.15) is 29.0 Å². The lowest BCUT2D eigenvalue weighted by Gasteiger charge is -2.33. The molecule has 5 heterocycles. The van der Waals surface area contributed by atoms with Crippen LogP contribution in [0.4, 0.5) is 20.4 Å². The quantitative estimate of drug-likeness (QED) is 0.484. The third-order valence-corrected chi connectivity index (χ3v) is 6.32. The largest absolute Gasteiger partial charge is 0.310 e. The minimum absolute atomic E-state index is 0.0450. The monoisotopic (exact) mass is 461 g/mol. The molecule has 4 aromatic rings. The van der Waals surface area contributed by atoms with Gasteiger partial charge in [0, 0.05) is 5.56 Å². The summed E-state index contributed by atoms with van der Waals surface area (Å²) in [5.41, 5.74) is 0.407. The number of benzene rings is 1. The van der Waals surface area contributed by atoms with E-state index in [2.05, 4.69) is 30.7 Å². The Labute approximate surface area is 191 Å². The fraction of sp³-hybridized carbons (Fsp3) is 0.217. The van der Waals surface area contributed by atoms with Crippen LogP contribution in [-0.2, 0) is 16.1 Å². The molecule has 0 bridgehead atoms. The van der Waals surface area contributed by atoms with Gasteiger partial charge in [0.15, 0.2) is 11.5 Å². The van der Waals surface area contributed by atoms with Crippen LogP contribution in [0.3, 0.4) is 0 Å². The Morgan fingerprint density at radius 2 is 1.82 bits per heavy atom. The van der Waals surface area contributed by atoms with Crippen molar-refractivity contribution < 1.29 is 18.4 Å². The molecule has 2 aliphatic heterocycles. The summed E-state index contributed by atoms with van der Waals surface area (Å²) in [4.78, 5) is 38.5. The smallest absolute Gasteiger partial charge is 0.234 e. The van der Waals surface area contributed by atoms with Gasteiger partial charge in [-0.25, -0.2) is 28.4 Å². The first-order valence-electron chi connectivity index (χ1n) is 10.5. The first-order valence-corrected chi connectivity index (χ1v) is 10.5. The summed E-state index contributed by atoms with van der Waals surface area (Å²) in [5, 5.41) is 10.3. The van der Waals surface area contributed by atoms with Gasteiger partial charge in [-0.3, -0.25) is 9.59 Å². The highest BCUT2D eigenvalue weighted by Gasteiger charge is 2.52. The van der Waals surface area contributed by atoms with Crippen LogP contribution < -0.4 is 10.6 Å². The normalized spacial score (nSPS) is 18.1. The van der Waals surface area contributed by atoms with Crippen LogP contribution in [0.15, 0.2) is 36.5 Å². The number of carbonyl (C=O) groups excluding carboxylic acids is 2. The summed E-state index contributed by atoms with van der Waals surface area (Å²) in [6.45, 7) is 3.42. The molecule has 11 heteroatoms. The van der Waals surface area contributed by atoms with Gasteiger partial charge in [-0.2, -0.15) is 5.10 Å². The number of hydrogen-bond donors (Lipinski definition) is 2. The highest BCUT2D eigenvalue weighted by Crippen LogP contribution is 2.50. The number of anilines is 2. The summed E-state index contributed by atoms with van der Waals surface area (Å²) in [7, 11) is 0. The maximum atomic E-state index is 14.3. The van der Waals surface area contributed by atoms with E-state index < -0.39 is 23.0 Å². The fourth-order valence-electron chi connectivity index (χ4n) is 4.54. The topological polar surface area (TPSA) is 115 Å². The van der Waals surface area contributed by atoms with Crippen LogP contribution in [0.5, 0.6) is 0 Å². The van der Waals surface area contributed by atoms with Crippen molar-refractivity contribution in [1.82, 2.24) is 24.7 Å². The molecule has 9 nitrogen and oxygen atoms in total. The molecule has 0 fully saturated rings. The van der Waals surface area contributed by atoms with Crippen molar-refractivity contribution >= 4 is 34.5 Å². The molecular formula is C23H17F2N7O2. The standard InChI is InChI=1S/C23H17F2N7O2/c1-23(2)15-14-17(29-21(15)33)27-19(28-18(14)30-22(23)34)16-12-7-11(24)8-26-20(12)32(31-16)9-10-5-3-4-6-13(10)25/h3-8,15H,9H2,1-2H3,(H2,27,28,29,30,33,34)/t15-/m0/s1. The Morgan fingerprint density at radius 3 is 2.59 bits per heavy atom. The predicted octanol–water partition coefficient (Wildman–Crippen LogP) is 3.23. The van der Waals surface area contributed by atoms with E-state index in [1.54, 1.807) is 32.0 Å². The van der Waals surface area contributed by atoms with Crippen molar-refractivity contribution in [3.63, 3.8) is 0 Å². The molecule has 6 rings (SSSR count). The van der Waals surface area contributed by atoms with E-state index in [0.717, 1.165) is 6.20 Å². The maximum Gasteiger partial charge on any atom is 0.234 e. The number of nitrogens with zero attached hydrogens (tertiary/aromatic N) is 5. The highest BCUT2D eigenvalue weighted by atomic mass is 19.1. The van der Waals surface area contributed by atoms with E-state index in [9.17, 15) is 18.4 Å². The van der Waals surface area contributed by atoms with Crippen molar-refractivity contribution in [3.05, 3.63) is 59.3 Å². The molecule has 34 heavy (non-hydrogen) atoms. The predicted molar refractivity (Wildman–Crippen MR) is 118 cm³/mol. The minimum atomic E-state index is -0.978. The lowest BCUT2D eigenvalue weighted by atomic mass is 9.73. The molecule has 0 saturated carbocycles. The molecule has 0 unspecified atom stereocenters. The summed E-state index contributed by atoms with van der Waals surface area (Å²) in [5.74, 6) is -1.88. The lowest BCUT2D eigenvalue weighted by Crippen LogP contribution is -2.43. The number of hydrogen-bond acceptors (Lipinski definition) is 6. The van der Waals surface area contributed by atoms with Crippen molar-refractivity contribution in [3.8, 4) is 11.5 Å². The van der Waals surface area contributed by atoms with E-state index in [0.29, 0.717) is 22.2 Å². The summed E-state index contributed by atoms with van der Waals surface area (Å²) >= 11 is 0. The molecule has 0 radical (unpaired) electrons. The molecule has 1 aromatic carbocycles. The average Bonchev–Trinajstić information content (AvgIpc) is 3.31. The molecule has 170 valence electrons. The van der Waals surface area contributed by atoms with Crippen LogP contribution in [0.25, 0.3) is 22.6 Å². The number of rotatable bonds is 3. The first-order chi connectivity index (χ1) is 16.2. The molecule has 0 aliphatic carbocycles. The maximum absolute atomic E-state index is 14.3. The highest BCUT2D eigenvalue weighted by molar-refractivity contribution is 6.13. The minimum Gasteiger partial charge on any atom is -0.310 e. The second-order valence-corrected chi connectivity index (χ2v) is 8.88. The third kappa shape index (κ3) is 2.82. The van der Waals surface area contributed by atoms with Gasteiger partial charge in [-0.05, 0) is 26.0 Å². The summed E-state index contributed by atoms with van der Waals surface area (Å²) in [6.07, 6.45) is 1.05. The average molecular weight is 461 g/mol. The van der Waals surface area contributed by atoms with Gasteiger partial charge < -0.3 is 10.6 Å². The number of fused-ring (bicyclic) bond motifs is 1. The molecule has 0 saturated heterocycles. The van der Waals surface area contributed by atoms with Crippen molar-refractivity contribution in [2.75, 3.05) is 10.6 Å². The molecule has 3 aromatic heterocycles. The van der Waals surface area contributed by atoms with Crippen LogP contribution >= 0.6 is 0 Å². The summed E-state index contributed by atoms with van der Waals surface area (Å²) in [6, 6.07) is 7.49. The Morgan fingerprint density at radius 1 is 1.09 bits per heavy atom. The van der Waals surface area contributed by atoms with Crippen LogP contribution in [0, 0.1) is 17.0 Å². The Kier molecular flexibility index (Phi) is 4.10. The van der Waals surface area contributed by atoms with E-state index in [4.69, 9.17) is 0 Å². The SMILES string of the molecule is CC1(C)C(=O)Nc2nc(-c3nn(Cc4ccccc4F)c4ncc(F)cc34)nc3c2[C@H]1C(=O)N3. The fourth-order valence-corrected chi connectivity index (χ4v) is 4.54. The van der Waals surface area contributed by atoms with Gasteiger partial charge >= 0.3 is 0 Å². The molecular weight excluding hydrogens is 444 g/mol. The second kappa shape index (κ2) is 6.86. The van der Waals surface area contributed by atoms with Crippen molar-refractivity contribution in [2.45, 2.75) is 26.3 Å². The van der Waals surface area contributed by atoms with Crippen LogP contribution in [0.2, 0.25) is 0 Å². The van der Waals surface area contributed by atoms with Crippen molar-refractivity contribution in [1.29, 1.82) is 0 Å². The van der Waals surface area contributed by atoms with E-state index in [1.165, 1.54) is 16.8 Å². The van der Waals surface area contributed by atoms with Crippen LogP contribution in [0.1, 0.15) is 30.9 Å². The number of halogens is 2. The lowest BCUT2D eigenvalue weighted by molar-refractivity contribution is -0.131. The van der Waals surface area contributed by atoms with E-state index in [-0.39, 0.29) is 41.5 Å². The van der Waals surface area contributed by atoms with Gasteiger partial charge in [0.05, 0.1) is 35.0 Å². The van der Waals surface area contributed by atoms with E-state index in [1.807, 2.05) is 0 Å². The van der Waals surface area contributed by atoms with Gasteiger partial charge in [-0.1, -0.05) is 18.2 Å². The summed E-state index contributed by atoms with van der Waals surface area (Å²) < 4.78 is 29.8.